The normalized spacial score (nSPS) is 22.9. The topological polar surface area (TPSA) is 106 Å². The number of sulfone groups is 1. The first-order valence-corrected chi connectivity index (χ1v) is 9.66. The molecule has 3 heterocycles. The molecule has 24 heavy (non-hydrogen) atoms. The van der Waals surface area contributed by atoms with E-state index in [-0.39, 0.29) is 23.6 Å². The average Bonchev–Trinajstić information content (AvgIpc) is 2.93. The van der Waals surface area contributed by atoms with E-state index in [0.717, 1.165) is 5.82 Å². The Morgan fingerprint density at radius 3 is 2.71 bits per heavy atom. The van der Waals surface area contributed by atoms with Gasteiger partial charge in [-0.25, -0.2) is 18.2 Å². The second-order valence-corrected chi connectivity index (χ2v) is 8.27. The second kappa shape index (κ2) is 6.65. The van der Waals surface area contributed by atoms with Crippen LogP contribution in [0.25, 0.3) is 0 Å². The zero-order valence-corrected chi connectivity index (χ0v) is 14.0. The average molecular weight is 349 g/mol. The highest BCUT2D eigenvalue weighted by Crippen LogP contribution is 2.16. The monoisotopic (exact) mass is 349 g/mol. The Labute approximate surface area is 141 Å². The molecule has 0 spiro atoms. The SMILES string of the molecule is N#Cc1ccnc(N2CCN(C(=O)N[C@@H]3CCS(=O)(=O)C3)CC2)c1. The number of nitrogens with one attached hydrogen (secondary N) is 1. The molecule has 1 N–H and O–H groups in total. The summed E-state index contributed by atoms with van der Waals surface area (Å²) in [6, 6.07) is 4.99. The molecule has 2 aliphatic heterocycles. The minimum atomic E-state index is -3.00. The molecule has 2 amide bonds. The maximum absolute atomic E-state index is 12.3. The Bertz CT molecular complexity index is 766. The van der Waals surface area contributed by atoms with E-state index in [1.165, 1.54) is 0 Å². The lowest BCUT2D eigenvalue weighted by Crippen LogP contribution is -2.53. The first-order chi connectivity index (χ1) is 11.5. The highest BCUT2D eigenvalue weighted by Gasteiger charge is 2.31. The van der Waals surface area contributed by atoms with Gasteiger partial charge in [-0.05, 0) is 18.6 Å². The summed E-state index contributed by atoms with van der Waals surface area (Å²) in [5, 5.41) is 11.8. The Hall–Kier alpha value is -2.34. The Morgan fingerprint density at radius 2 is 2.08 bits per heavy atom. The maximum Gasteiger partial charge on any atom is 0.317 e. The lowest BCUT2D eigenvalue weighted by atomic mass is 10.2. The van der Waals surface area contributed by atoms with Crippen molar-refractivity contribution in [1.29, 1.82) is 5.26 Å². The number of piperazine rings is 1. The van der Waals surface area contributed by atoms with E-state index >= 15 is 0 Å². The van der Waals surface area contributed by atoms with E-state index < -0.39 is 9.84 Å². The molecule has 0 bridgehead atoms. The molecule has 2 fully saturated rings. The molecule has 0 radical (unpaired) electrons. The highest BCUT2D eigenvalue weighted by molar-refractivity contribution is 7.91. The Kier molecular flexibility index (Phi) is 4.57. The van der Waals surface area contributed by atoms with Crippen LogP contribution in [0.2, 0.25) is 0 Å². The Morgan fingerprint density at radius 1 is 1.33 bits per heavy atom. The van der Waals surface area contributed by atoms with Crippen LogP contribution in [-0.4, -0.2) is 68.1 Å². The van der Waals surface area contributed by atoms with Gasteiger partial charge in [-0.15, -0.1) is 0 Å². The van der Waals surface area contributed by atoms with Crippen LogP contribution in [0, 0.1) is 11.3 Å². The van der Waals surface area contributed by atoms with Crippen molar-refractivity contribution in [3.05, 3.63) is 23.9 Å². The number of hydrogen-bond donors (Lipinski definition) is 1. The summed E-state index contributed by atoms with van der Waals surface area (Å²) in [5.41, 5.74) is 0.558. The number of nitrogens with zero attached hydrogens (tertiary/aromatic N) is 4. The van der Waals surface area contributed by atoms with Gasteiger partial charge in [0, 0.05) is 38.4 Å². The standard InChI is InChI=1S/C15H19N5O3S/c16-10-12-1-3-17-14(9-12)19-4-6-20(7-5-19)15(21)18-13-2-8-24(22,23)11-13/h1,3,9,13H,2,4-8,11H2,(H,18,21)/t13-/m1/s1. The molecule has 128 valence electrons. The van der Waals surface area contributed by atoms with E-state index in [4.69, 9.17) is 5.26 Å². The quantitative estimate of drug-likeness (QED) is 0.804. The van der Waals surface area contributed by atoms with Gasteiger partial charge in [0.15, 0.2) is 9.84 Å². The molecule has 0 aliphatic carbocycles. The van der Waals surface area contributed by atoms with Crippen molar-refractivity contribution in [3.63, 3.8) is 0 Å². The molecule has 3 rings (SSSR count). The zero-order chi connectivity index (χ0) is 17.2. The van der Waals surface area contributed by atoms with Crippen molar-refractivity contribution in [2.75, 3.05) is 42.6 Å². The summed E-state index contributed by atoms with van der Waals surface area (Å²) >= 11 is 0. The fourth-order valence-corrected chi connectivity index (χ4v) is 4.65. The van der Waals surface area contributed by atoms with Crippen LogP contribution in [0.15, 0.2) is 18.3 Å². The maximum atomic E-state index is 12.3. The number of anilines is 1. The fraction of sp³-hybridized carbons (Fsp3) is 0.533. The summed E-state index contributed by atoms with van der Waals surface area (Å²) in [6.45, 7) is 2.31. The van der Waals surface area contributed by atoms with Crippen LogP contribution in [-0.2, 0) is 9.84 Å². The van der Waals surface area contributed by atoms with Gasteiger partial charge in [-0.3, -0.25) is 0 Å². The van der Waals surface area contributed by atoms with Gasteiger partial charge in [0.05, 0.1) is 23.1 Å². The minimum absolute atomic E-state index is 0.0313. The van der Waals surface area contributed by atoms with Crippen molar-refractivity contribution in [1.82, 2.24) is 15.2 Å². The number of rotatable bonds is 2. The summed E-state index contributed by atoms with van der Waals surface area (Å²) < 4.78 is 22.9. The van der Waals surface area contributed by atoms with Gasteiger partial charge in [0.2, 0.25) is 0 Å². The largest absolute Gasteiger partial charge is 0.353 e. The lowest BCUT2D eigenvalue weighted by molar-refractivity contribution is 0.191. The van der Waals surface area contributed by atoms with Gasteiger partial charge in [-0.2, -0.15) is 5.26 Å². The number of amides is 2. The summed E-state index contributed by atoms with van der Waals surface area (Å²) in [6.07, 6.45) is 2.09. The van der Waals surface area contributed by atoms with Crippen LogP contribution in [0.5, 0.6) is 0 Å². The van der Waals surface area contributed by atoms with E-state index in [1.54, 1.807) is 23.2 Å². The third-order valence-corrected chi connectivity index (χ3v) is 6.09. The van der Waals surface area contributed by atoms with E-state index in [1.807, 2.05) is 4.90 Å². The molecule has 8 nitrogen and oxygen atoms in total. The first kappa shape index (κ1) is 16.5. The minimum Gasteiger partial charge on any atom is -0.353 e. The lowest BCUT2D eigenvalue weighted by Gasteiger charge is -2.35. The molecular weight excluding hydrogens is 330 g/mol. The van der Waals surface area contributed by atoms with Crippen LogP contribution >= 0.6 is 0 Å². The summed E-state index contributed by atoms with van der Waals surface area (Å²) in [4.78, 5) is 20.2. The predicted molar refractivity (Wildman–Crippen MR) is 88.3 cm³/mol. The van der Waals surface area contributed by atoms with Crippen LogP contribution in [0.3, 0.4) is 0 Å². The molecule has 0 saturated carbocycles. The molecule has 0 aromatic carbocycles. The number of nitriles is 1. The van der Waals surface area contributed by atoms with E-state index in [2.05, 4.69) is 16.4 Å². The summed E-state index contributed by atoms with van der Waals surface area (Å²) in [5.74, 6) is 0.909. The first-order valence-electron chi connectivity index (χ1n) is 7.84. The third kappa shape index (κ3) is 3.76. The molecule has 2 aliphatic rings. The molecule has 1 atom stereocenters. The van der Waals surface area contributed by atoms with Crippen molar-refractivity contribution in [2.45, 2.75) is 12.5 Å². The number of hydrogen-bond acceptors (Lipinski definition) is 6. The summed E-state index contributed by atoms with van der Waals surface area (Å²) in [7, 11) is -3.00. The van der Waals surface area contributed by atoms with Gasteiger partial charge in [-0.1, -0.05) is 0 Å². The number of carbonyl (C=O) groups excluding carboxylic acids is 1. The molecule has 2 saturated heterocycles. The molecule has 9 heteroatoms. The number of carbonyl (C=O) groups is 1. The van der Waals surface area contributed by atoms with Crippen molar-refractivity contribution in [2.24, 2.45) is 0 Å². The number of pyridine rings is 1. The number of urea groups is 1. The van der Waals surface area contributed by atoms with Gasteiger partial charge in [0.1, 0.15) is 5.82 Å². The van der Waals surface area contributed by atoms with Gasteiger partial charge >= 0.3 is 6.03 Å². The van der Waals surface area contributed by atoms with Crippen LogP contribution in [0.4, 0.5) is 10.6 Å². The Balaban J connectivity index is 1.53. The van der Waals surface area contributed by atoms with E-state index in [9.17, 15) is 13.2 Å². The van der Waals surface area contributed by atoms with Crippen molar-refractivity contribution < 1.29 is 13.2 Å². The van der Waals surface area contributed by atoms with Crippen molar-refractivity contribution in [3.8, 4) is 6.07 Å². The fourth-order valence-electron chi connectivity index (χ4n) is 2.97. The zero-order valence-electron chi connectivity index (χ0n) is 13.2. The molecule has 0 unspecified atom stereocenters. The van der Waals surface area contributed by atoms with Crippen LogP contribution < -0.4 is 10.2 Å². The highest BCUT2D eigenvalue weighted by atomic mass is 32.2. The molecule has 1 aromatic rings. The van der Waals surface area contributed by atoms with Crippen LogP contribution in [0.1, 0.15) is 12.0 Å². The van der Waals surface area contributed by atoms with Gasteiger partial charge < -0.3 is 15.1 Å². The predicted octanol–water partition coefficient (Wildman–Crippen LogP) is -0.0280. The van der Waals surface area contributed by atoms with Gasteiger partial charge in [0.25, 0.3) is 0 Å². The van der Waals surface area contributed by atoms with E-state index in [0.29, 0.717) is 38.2 Å². The molecular formula is C15H19N5O3S. The number of aromatic nitrogens is 1. The molecule has 1 aromatic heterocycles. The van der Waals surface area contributed by atoms with Crippen molar-refractivity contribution >= 4 is 21.7 Å². The third-order valence-electron chi connectivity index (χ3n) is 4.33. The smallest absolute Gasteiger partial charge is 0.317 e. The second-order valence-electron chi connectivity index (χ2n) is 6.04.